The minimum absolute atomic E-state index is 0.0255. The van der Waals surface area contributed by atoms with Gasteiger partial charge in [0.05, 0.1) is 17.2 Å². The zero-order valence-corrected chi connectivity index (χ0v) is 14.6. The molecule has 0 radical (unpaired) electrons. The number of amides is 1. The van der Waals surface area contributed by atoms with E-state index in [2.05, 4.69) is 5.32 Å². The molecule has 1 unspecified atom stereocenters. The number of benzene rings is 2. The van der Waals surface area contributed by atoms with Crippen molar-refractivity contribution in [3.8, 4) is 0 Å². The van der Waals surface area contributed by atoms with Crippen molar-refractivity contribution >= 4 is 17.3 Å². The van der Waals surface area contributed by atoms with Crippen LogP contribution in [0.15, 0.2) is 36.4 Å². The number of nitrogens with one attached hydrogen (secondary N) is 1. The summed E-state index contributed by atoms with van der Waals surface area (Å²) in [4.78, 5) is 24.2. The van der Waals surface area contributed by atoms with Gasteiger partial charge in [-0.25, -0.2) is 8.78 Å². The normalized spacial score (nSPS) is 12.1. The van der Waals surface area contributed by atoms with Crippen LogP contribution in [0, 0.1) is 28.7 Å². The van der Waals surface area contributed by atoms with E-state index in [1.807, 2.05) is 0 Å². The van der Waals surface area contributed by atoms with Gasteiger partial charge in [0, 0.05) is 18.2 Å². The molecule has 2 aromatic rings. The van der Waals surface area contributed by atoms with Crippen LogP contribution in [0.3, 0.4) is 0 Å². The largest absolute Gasteiger partial charge is 0.324 e. The maximum atomic E-state index is 13.4. The highest BCUT2D eigenvalue weighted by Gasteiger charge is 2.18. The van der Waals surface area contributed by atoms with E-state index in [4.69, 9.17) is 0 Å². The predicted octanol–water partition coefficient (Wildman–Crippen LogP) is 3.81. The van der Waals surface area contributed by atoms with Crippen LogP contribution in [0.2, 0.25) is 0 Å². The molecule has 0 fully saturated rings. The zero-order chi connectivity index (χ0) is 19.4. The average molecular weight is 363 g/mol. The van der Waals surface area contributed by atoms with Crippen molar-refractivity contribution in [2.45, 2.75) is 19.9 Å². The standard InChI is InChI=1S/C18H19F2N3O3/c1-11-4-6-14(23(25)26)9-17(11)21-18(24)10-22(3)12(2)13-5-7-15(19)16(20)8-13/h4-9,12H,10H2,1-3H3,(H,21,24). The topological polar surface area (TPSA) is 75.5 Å². The molecule has 0 saturated heterocycles. The lowest BCUT2D eigenvalue weighted by atomic mass is 10.1. The highest BCUT2D eigenvalue weighted by Crippen LogP contribution is 2.23. The smallest absolute Gasteiger partial charge is 0.271 e. The second-order valence-corrected chi connectivity index (χ2v) is 6.07. The second-order valence-electron chi connectivity index (χ2n) is 6.07. The molecule has 0 spiro atoms. The minimum Gasteiger partial charge on any atom is -0.324 e. The van der Waals surface area contributed by atoms with Crippen molar-refractivity contribution < 1.29 is 18.5 Å². The predicted molar refractivity (Wildman–Crippen MR) is 93.9 cm³/mol. The van der Waals surface area contributed by atoms with Crippen molar-refractivity contribution in [1.29, 1.82) is 0 Å². The fourth-order valence-electron chi connectivity index (χ4n) is 2.44. The maximum Gasteiger partial charge on any atom is 0.271 e. The van der Waals surface area contributed by atoms with E-state index in [-0.39, 0.29) is 24.2 Å². The number of likely N-dealkylation sites (N-methyl/N-ethyl adjacent to an activating group) is 1. The third-order valence-electron chi connectivity index (χ3n) is 4.19. The Morgan fingerprint density at radius 2 is 1.92 bits per heavy atom. The van der Waals surface area contributed by atoms with Gasteiger partial charge in [0.1, 0.15) is 0 Å². The van der Waals surface area contributed by atoms with E-state index in [0.717, 1.165) is 12.1 Å². The molecule has 26 heavy (non-hydrogen) atoms. The summed E-state index contributed by atoms with van der Waals surface area (Å²) in [5.74, 6) is -2.24. The van der Waals surface area contributed by atoms with E-state index in [0.29, 0.717) is 16.8 Å². The number of carbonyl (C=O) groups excluding carboxylic acids is 1. The van der Waals surface area contributed by atoms with Gasteiger partial charge in [0.25, 0.3) is 5.69 Å². The molecule has 0 aromatic heterocycles. The van der Waals surface area contributed by atoms with Crippen LogP contribution in [-0.2, 0) is 4.79 Å². The van der Waals surface area contributed by atoms with E-state index >= 15 is 0 Å². The number of anilines is 1. The SMILES string of the molecule is Cc1ccc([N+](=O)[O-])cc1NC(=O)CN(C)C(C)c1ccc(F)c(F)c1. The Balaban J connectivity index is 2.06. The van der Waals surface area contributed by atoms with Gasteiger partial charge in [0.2, 0.25) is 5.91 Å². The van der Waals surface area contributed by atoms with Crippen molar-refractivity contribution in [2.75, 3.05) is 18.9 Å². The molecular formula is C18H19F2N3O3. The van der Waals surface area contributed by atoms with Gasteiger partial charge < -0.3 is 5.32 Å². The van der Waals surface area contributed by atoms with Crippen molar-refractivity contribution in [1.82, 2.24) is 4.90 Å². The molecule has 2 rings (SSSR count). The van der Waals surface area contributed by atoms with Crippen LogP contribution in [0.25, 0.3) is 0 Å². The van der Waals surface area contributed by atoms with Gasteiger partial charge in [-0.2, -0.15) is 0 Å². The Kier molecular flexibility index (Phi) is 5.99. The van der Waals surface area contributed by atoms with Gasteiger partial charge in [0.15, 0.2) is 11.6 Å². The lowest BCUT2D eigenvalue weighted by Crippen LogP contribution is -2.32. The number of hydrogen-bond donors (Lipinski definition) is 1. The molecule has 1 amide bonds. The van der Waals surface area contributed by atoms with Crippen molar-refractivity contribution in [3.05, 3.63) is 69.3 Å². The highest BCUT2D eigenvalue weighted by molar-refractivity contribution is 5.93. The molecule has 8 heteroatoms. The fourth-order valence-corrected chi connectivity index (χ4v) is 2.44. The first kappa shape index (κ1) is 19.5. The summed E-state index contributed by atoms with van der Waals surface area (Å²) in [6.45, 7) is 3.47. The Labute approximate surface area is 149 Å². The summed E-state index contributed by atoms with van der Waals surface area (Å²) in [6, 6.07) is 7.49. The monoisotopic (exact) mass is 363 g/mol. The molecule has 6 nitrogen and oxygen atoms in total. The Bertz CT molecular complexity index is 842. The summed E-state index contributed by atoms with van der Waals surface area (Å²) in [7, 11) is 1.67. The number of aryl methyl sites for hydroxylation is 1. The lowest BCUT2D eigenvalue weighted by molar-refractivity contribution is -0.384. The number of rotatable bonds is 6. The first-order chi connectivity index (χ1) is 12.2. The summed E-state index contributed by atoms with van der Waals surface area (Å²) in [5, 5.41) is 13.5. The van der Waals surface area contributed by atoms with Gasteiger partial charge in [-0.15, -0.1) is 0 Å². The summed E-state index contributed by atoms with van der Waals surface area (Å²) < 4.78 is 26.4. The number of nitro benzene ring substituents is 1. The lowest BCUT2D eigenvalue weighted by Gasteiger charge is -2.24. The van der Waals surface area contributed by atoms with Gasteiger partial charge in [-0.3, -0.25) is 19.8 Å². The number of nitrogens with zero attached hydrogens (tertiary/aromatic N) is 2. The average Bonchev–Trinajstić information content (AvgIpc) is 2.58. The van der Waals surface area contributed by atoms with Crippen LogP contribution in [0.4, 0.5) is 20.2 Å². The van der Waals surface area contributed by atoms with Crippen LogP contribution in [-0.4, -0.2) is 29.3 Å². The molecule has 138 valence electrons. The molecule has 0 saturated carbocycles. The molecule has 0 aliphatic rings. The van der Waals surface area contributed by atoms with Gasteiger partial charge in [-0.05, 0) is 44.2 Å². The third-order valence-corrected chi connectivity index (χ3v) is 4.19. The van der Waals surface area contributed by atoms with Crippen molar-refractivity contribution in [2.24, 2.45) is 0 Å². The van der Waals surface area contributed by atoms with Crippen LogP contribution >= 0.6 is 0 Å². The first-order valence-electron chi connectivity index (χ1n) is 7.89. The molecule has 0 heterocycles. The summed E-state index contributed by atoms with van der Waals surface area (Å²) in [5.41, 5.74) is 1.47. The van der Waals surface area contributed by atoms with E-state index in [9.17, 15) is 23.7 Å². The maximum absolute atomic E-state index is 13.4. The Morgan fingerprint density at radius 1 is 1.23 bits per heavy atom. The molecular weight excluding hydrogens is 344 g/mol. The van der Waals surface area contributed by atoms with E-state index in [1.165, 1.54) is 18.2 Å². The zero-order valence-electron chi connectivity index (χ0n) is 14.6. The molecule has 1 N–H and O–H groups in total. The van der Waals surface area contributed by atoms with Crippen LogP contribution < -0.4 is 5.32 Å². The third kappa shape index (κ3) is 4.60. The van der Waals surface area contributed by atoms with Gasteiger partial charge >= 0.3 is 0 Å². The van der Waals surface area contributed by atoms with E-state index < -0.39 is 16.6 Å². The molecule has 0 bridgehead atoms. The number of nitro groups is 1. The Morgan fingerprint density at radius 3 is 2.54 bits per heavy atom. The fraction of sp³-hybridized carbons (Fsp3) is 0.278. The highest BCUT2D eigenvalue weighted by atomic mass is 19.2. The molecule has 2 aromatic carbocycles. The van der Waals surface area contributed by atoms with Crippen LogP contribution in [0.5, 0.6) is 0 Å². The number of carbonyl (C=O) groups is 1. The minimum atomic E-state index is -0.945. The first-order valence-corrected chi connectivity index (χ1v) is 7.89. The summed E-state index contributed by atoms with van der Waals surface area (Å²) in [6.07, 6.45) is 0. The second kappa shape index (κ2) is 8.01. The quantitative estimate of drug-likeness (QED) is 0.625. The van der Waals surface area contributed by atoms with Crippen LogP contribution in [0.1, 0.15) is 24.1 Å². The molecule has 0 aliphatic carbocycles. The molecule has 1 atom stereocenters. The number of hydrogen-bond acceptors (Lipinski definition) is 4. The Hall–Kier alpha value is -2.87. The molecule has 0 aliphatic heterocycles. The van der Waals surface area contributed by atoms with E-state index in [1.54, 1.807) is 31.9 Å². The van der Waals surface area contributed by atoms with Crippen molar-refractivity contribution in [3.63, 3.8) is 0 Å². The number of halogens is 2. The van der Waals surface area contributed by atoms with Gasteiger partial charge in [-0.1, -0.05) is 12.1 Å². The summed E-state index contributed by atoms with van der Waals surface area (Å²) >= 11 is 0. The number of non-ortho nitro benzene ring substituents is 1.